The van der Waals surface area contributed by atoms with Crippen LogP contribution in [0.3, 0.4) is 0 Å². The summed E-state index contributed by atoms with van der Waals surface area (Å²) in [5.74, 6) is 0. The maximum atomic E-state index is 6.17. The molecule has 82 valence electrons. The van der Waals surface area contributed by atoms with Crippen molar-refractivity contribution in [1.29, 1.82) is 0 Å². The minimum absolute atomic E-state index is 0.0183. The fourth-order valence-corrected chi connectivity index (χ4v) is 2.96. The predicted molar refractivity (Wildman–Crippen MR) is 68.2 cm³/mol. The van der Waals surface area contributed by atoms with Crippen LogP contribution in [-0.4, -0.2) is 12.5 Å². The maximum absolute atomic E-state index is 6.17. The van der Waals surface area contributed by atoms with Gasteiger partial charge in [0.1, 0.15) is 0 Å². The summed E-state index contributed by atoms with van der Waals surface area (Å²) in [6.07, 6.45) is 1.12. The van der Waals surface area contributed by atoms with Gasteiger partial charge in [-0.25, -0.2) is 0 Å². The van der Waals surface area contributed by atoms with E-state index in [9.17, 15) is 0 Å². The molecule has 0 saturated carbocycles. The summed E-state index contributed by atoms with van der Waals surface area (Å²) in [5.41, 5.74) is 0.241. The van der Waals surface area contributed by atoms with Gasteiger partial charge in [-0.05, 0) is 38.6 Å². The molecule has 1 aliphatic rings. The topological polar surface area (TPSA) is 9.23 Å². The van der Waals surface area contributed by atoms with Crippen LogP contribution in [0.4, 0.5) is 0 Å². The third-order valence-corrected chi connectivity index (χ3v) is 4.93. The van der Waals surface area contributed by atoms with E-state index in [1.54, 1.807) is 0 Å². The van der Waals surface area contributed by atoms with Gasteiger partial charge in [0, 0.05) is 9.65 Å². The normalized spacial score (nSPS) is 23.4. The molecule has 2 heterocycles. The highest BCUT2D eigenvalue weighted by atomic mass is 32.1. The Kier molecular flexibility index (Phi) is 2.51. The van der Waals surface area contributed by atoms with Gasteiger partial charge in [0.05, 0.1) is 5.60 Å². The third-order valence-electron chi connectivity index (χ3n) is 3.84. The van der Waals surface area contributed by atoms with Crippen LogP contribution in [-0.2, 0) is 4.65 Å². The van der Waals surface area contributed by atoms with Crippen LogP contribution < -0.4 is 4.78 Å². The summed E-state index contributed by atoms with van der Waals surface area (Å²) in [6, 6.07) is 4.39. The van der Waals surface area contributed by atoms with Crippen LogP contribution in [0.15, 0.2) is 12.1 Å². The molecule has 1 aromatic rings. The second-order valence-electron chi connectivity index (χ2n) is 5.65. The Balaban J connectivity index is 2.23. The SMILES string of the molecule is Cc1ccc(B2CC(C)(C)C(C)(C)O2)s1. The van der Waals surface area contributed by atoms with Gasteiger partial charge in [0.2, 0.25) is 0 Å². The monoisotopic (exact) mass is 222 g/mol. The zero-order chi connectivity index (χ0) is 11.3. The van der Waals surface area contributed by atoms with Crippen molar-refractivity contribution in [1.82, 2.24) is 0 Å². The summed E-state index contributed by atoms with van der Waals surface area (Å²) in [5, 5.41) is 0. The number of aryl methyl sites for hydroxylation is 1. The van der Waals surface area contributed by atoms with Crippen LogP contribution in [0.5, 0.6) is 0 Å². The molecule has 15 heavy (non-hydrogen) atoms. The first kappa shape index (κ1) is 11.2. The summed E-state index contributed by atoms with van der Waals surface area (Å²) in [6.45, 7) is 11.5. The standard InChI is InChI=1S/C12H19BOS/c1-9-6-7-10(15-9)13-8-11(2,3)12(4,5)14-13/h6-7H,8H2,1-5H3. The van der Waals surface area contributed by atoms with Gasteiger partial charge in [0.25, 0.3) is 0 Å². The van der Waals surface area contributed by atoms with Gasteiger partial charge in [0.15, 0.2) is 0 Å². The molecule has 0 radical (unpaired) electrons. The Morgan fingerprint density at radius 2 is 1.93 bits per heavy atom. The lowest BCUT2D eigenvalue weighted by Crippen LogP contribution is -2.35. The molecule has 1 nitrogen and oxygen atoms in total. The maximum Gasteiger partial charge on any atom is 0.338 e. The van der Waals surface area contributed by atoms with E-state index in [0.29, 0.717) is 6.92 Å². The molecule has 0 unspecified atom stereocenters. The quantitative estimate of drug-likeness (QED) is 0.663. The first-order valence-electron chi connectivity index (χ1n) is 5.56. The lowest BCUT2D eigenvalue weighted by Gasteiger charge is -2.34. The van der Waals surface area contributed by atoms with Crippen molar-refractivity contribution in [2.24, 2.45) is 5.41 Å². The van der Waals surface area contributed by atoms with Crippen molar-refractivity contribution in [3.63, 3.8) is 0 Å². The lowest BCUT2D eigenvalue weighted by atomic mass is 9.58. The minimum atomic E-state index is -0.0183. The molecule has 0 spiro atoms. The summed E-state index contributed by atoms with van der Waals surface area (Å²) in [4.78, 5) is 1.37. The highest BCUT2D eigenvalue weighted by Crippen LogP contribution is 2.45. The van der Waals surface area contributed by atoms with Crippen LogP contribution in [0, 0.1) is 12.3 Å². The molecular weight excluding hydrogens is 203 g/mol. The van der Waals surface area contributed by atoms with Crippen molar-refractivity contribution in [3.8, 4) is 0 Å². The van der Waals surface area contributed by atoms with Crippen molar-refractivity contribution >= 4 is 23.0 Å². The second kappa shape index (κ2) is 3.36. The van der Waals surface area contributed by atoms with Crippen molar-refractivity contribution in [2.45, 2.75) is 46.5 Å². The van der Waals surface area contributed by atoms with Crippen molar-refractivity contribution < 1.29 is 4.65 Å². The lowest BCUT2D eigenvalue weighted by molar-refractivity contribution is 0.0376. The molecule has 3 heteroatoms. The summed E-state index contributed by atoms with van der Waals surface area (Å²) < 4.78 is 7.55. The number of hydrogen-bond donors (Lipinski definition) is 0. The zero-order valence-corrected chi connectivity index (χ0v) is 11.1. The van der Waals surface area contributed by atoms with Gasteiger partial charge < -0.3 is 4.65 Å². The van der Waals surface area contributed by atoms with E-state index in [1.807, 2.05) is 11.3 Å². The highest BCUT2D eigenvalue weighted by Gasteiger charge is 2.50. The van der Waals surface area contributed by atoms with Gasteiger partial charge in [-0.15, -0.1) is 0 Å². The van der Waals surface area contributed by atoms with Gasteiger partial charge in [-0.1, -0.05) is 19.9 Å². The Morgan fingerprint density at radius 1 is 1.27 bits per heavy atom. The zero-order valence-electron chi connectivity index (χ0n) is 10.3. The molecule has 0 amide bonds. The first-order valence-corrected chi connectivity index (χ1v) is 6.38. The van der Waals surface area contributed by atoms with Crippen molar-refractivity contribution in [3.05, 3.63) is 17.0 Å². The van der Waals surface area contributed by atoms with Gasteiger partial charge >= 0.3 is 6.92 Å². The van der Waals surface area contributed by atoms with Crippen LogP contribution in [0.1, 0.15) is 32.6 Å². The van der Waals surface area contributed by atoms with Gasteiger partial charge in [-0.3, -0.25) is 0 Å². The highest BCUT2D eigenvalue weighted by molar-refractivity contribution is 7.22. The van der Waals surface area contributed by atoms with Crippen LogP contribution in [0.2, 0.25) is 6.32 Å². The fraction of sp³-hybridized carbons (Fsp3) is 0.667. The van der Waals surface area contributed by atoms with Gasteiger partial charge in [-0.2, -0.15) is 11.3 Å². The Morgan fingerprint density at radius 3 is 2.33 bits per heavy atom. The molecule has 1 saturated heterocycles. The van der Waals surface area contributed by atoms with E-state index in [0.717, 1.165) is 6.32 Å². The molecule has 0 aliphatic carbocycles. The average molecular weight is 222 g/mol. The van der Waals surface area contributed by atoms with E-state index in [2.05, 4.69) is 46.8 Å². The van der Waals surface area contributed by atoms with Crippen LogP contribution in [0.25, 0.3) is 0 Å². The smallest absolute Gasteiger partial charge is 0.338 e. The summed E-state index contributed by atoms with van der Waals surface area (Å²) >= 11 is 1.86. The third kappa shape index (κ3) is 1.87. The van der Waals surface area contributed by atoms with E-state index < -0.39 is 0 Å². The molecule has 0 aromatic carbocycles. The Bertz CT molecular complexity index is 351. The molecule has 1 aromatic heterocycles. The number of hydrogen-bond acceptors (Lipinski definition) is 2. The molecule has 2 rings (SSSR count). The van der Waals surface area contributed by atoms with E-state index >= 15 is 0 Å². The van der Waals surface area contributed by atoms with E-state index in [4.69, 9.17) is 4.65 Å². The van der Waals surface area contributed by atoms with Crippen molar-refractivity contribution in [2.75, 3.05) is 0 Å². The predicted octanol–water partition coefficient (Wildman–Crippen LogP) is 3.09. The minimum Gasteiger partial charge on any atom is -0.425 e. The number of rotatable bonds is 1. The molecule has 1 fully saturated rings. The van der Waals surface area contributed by atoms with Crippen LogP contribution >= 0.6 is 11.3 Å². The number of thiophene rings is 1. The Hall–Kier alpha value is -0.275. The first-order chi connectivity index (χ1) is 6.82. The molecule has 0 bridgehead atoms. The second-order valence-corrected chi connectivity index (χ2v) is 6.97. The average Bonchev–Trinajstić information content (AvgIpc) is 2.56. The largest absolute Gasteiger partial charge is 0.425 e. The molecule has 0 N–H and O–H groups in total. The molecule has 0 atom stereocenters. The fourth-order valence-electron chi connectivity index (χ4n) is 2.05. The molecular formula is C12H19BOS. The van der Waals surface area contributed by atoms with E-state index in [-0.39, 0.29) is 11.0 Å². The molecule has 1 aliphatic heterocycles. The van der Waals surface area contributed by atoms with E-state index in [1.165, 1.54) is 9.65 Å². The Labute approximate surface area is 97.0 Å². The summed E-state index contributed by atoms with van der Waals surface area (Å²) in [7, 11) is 0.